The molecule has 0 radical (unpaired) electrons. The van der Waals surface area contributed by atoms with E-state index in [0.29, 0.717) is 23.4 Å². The van der Waals surface area contributed by atoms with Crippen molar-refractivity contribution in [3.63, 3.8) is 0 Å². The molecule has 5 nitrogen and oxygen atoms in total. The van der Waals surface area contributed by atoms with Gasteiger partial charge in [0.1, 0.15) is 0 Å². The van der Waals surface area contributed by atoms with Gasteiger partial charge in [0.25, 0.3) is 0 Å². The van der Waals surface area contributed by atoms with E-state index < -0.39 is 21.8 Å². The predicted octanol–water partition coefficient (Wildman–Crippen LogP) is 5.06. The quantitative estimate of drug-likeness (QED) is 0.538. The summed E-state index contributed by atoms with van der Waals surface area (Å²) in [6, 6.07) is 9.38. The summed E-state index contributed by atoms with van der Waals surface area (Å²) in [5.74, 6) is 0.339. The summed E-state index contributed by atoms with van der Waals surface area (Å²) in [4.78, 5) is 4.53. The highest BCUT2D eigenvalue weighted by atomic mass is 35.5. The minimum absolute atomic E-state index is 0.0882. The first kappa shape index (κ1) is 22.3. The number of aromatic nitrogens is 2. The third kappa shape index (κ3) is 4.23. The van der Waals surface area contributed by atoms with Crippen LogP contribution in [0.3, 0.4) is 0 Å². The molecule has 0 unspecified atom stereocenters. The lowest BCUT2D eigenvalue weighted by Crippen LogP contribution is -2.22. The number of alkyl halides is 3. The van der Waals surface area contributed by atoms with Crippen LogP contribution in [0.2, 0.25) is 0 Å². The van der Waals surface area contributed by atoms with Crippen molar-refractivity contribution < 1.29 is 21.6 Å². The fraction of sp³-hybridized carbons (Fsp3) is 0.250. The summed E-state index contributed by atoms with van der Waals surface area (Å²) in [6.45, 7) is 2.35. The maximum atomic E-state index is 13.0. The van der Waals surface area contributed by atoms with Crippen molar-refractivity contribution in [2.24, 2.45) is 0 Å². The molecule has 1 aromatic heterocycles. The fourth-order valence-corrected chi connectivity index (χ4v) is 4.19. The van der Waals surface area contributed by atoms with Crippen LogP contribution in [0.15, 0.2) is 47.4 Å². The monoisotopic (exact) mass is 457 g/mol. The summed E-state index contributed by atoms with van der Waals surface area (Å²) >= 11 is 6.41. The third-order valence-corrected chi connectivity index (χ3v) is 6.62. The number of hydrogen-bond acceptors (Lipinski definition) is 3. The van der Waals surface area contributed by atoms with Gasteiger partial charge in [-0.25, -0.2) is 17.7 Å². The van der Waals surface area contributed by atoms with Crippen molar-refractivity contribution in [2.75, 3.05) is 14.1 Å². The van der Waals surface area contributed by atoms with Crippen molar-refractivity contribution in [1.82, 2.24) is 13.9 Å². The molecule has 0 aliphatic rings. The lowest BCUT2D eigenvalue weighted by molar-refractivity contribution is -0.137. The van der Waals surface area contributed by atoms with Gasteiger partial charge < -0.3 is 4.57 Å². The van der Waals surface area contributed by atoms with Crippen LogP contribution in [0.5, 0.6) is 0 Å². The van der Waals surface area contributed by atoms with Gasteiger partial charge in [-0.1, -0.05) is 23.7 Å². The molecule has 2 aromatic carbocycles. The Kier molecular flexibility index (Phi) is 5.99. The van der Waals surface area contributed by atoms with Gasteiger partial charge >= 0.3 is 6.18 Å². The molecule has 160 valence electrons. The second-order valence-electron chi connectivity index (χ2n) is 6.73. The molecule has 30 heavy (non-hydrogen) atoms. The van der Waals surface area contributed by atoms with Crippen LogP contribution in [-0.2, 0) is 22.7 Å². The van der Waals surface area contributed by atoms with E-state index >= 15 is 0 Å². The number of imidazole rings is 1. The van der Waals surface area contributed by atoms with Gasteiger partial charge in [-0.3, -0.25) is 0 Å². The predicted molar refractivity (Wildman–Crippen MR) is 111 cm³/mol. The second-order valence-corrected chi connectivity index (χ2v) is 9.29. The largest absolute Gasteiger partial charge is 0.416 e. The van der Waals surface area contributed by atoms with Crippen LogP contribution in [0.1, 0.15) is 23.9 Å². The first-order valence-electron chi connectivity index (χ1n) is 8.92. The molecule has 0 aliphatic heterocycles. The van der Waals surface area contributed by atoms with E-state index in [1.165, 1.54) is 44.4 Å². The van der Waals surface area contributed by atoms with E-state index in [1.807, 2.05) is 6.92 Å². The Morgan fingerprint density at radius 2 is 1.90 bits per heavy atom. The van der Waals surface area contributed by atoms with Gasteiger partial charge in [0.15, 0.2) is 5.82 Å². The number of rotatable bonds is 5. The summed E-state index contributed by atoms with van der Waals surface area (Å²) in [6.07, 6.45) is -3.05. The Balaban J connectivity index is 2.10. The van der Waals surface area contributed by atoms with E-state index in [4.69, 9.17) is 11.6 Å². The zero-order chi connectivity index (χ0) is 22.3. The van der Waals surface area contributed by atoms with E-state index in [-0.39, 0.29) is 15.5 Å². The van der Waals surface area contributed by atoms with E-state index in [2.05, 4.69) is 4.98 Å². The van der Waals surface area contributed by atoms with Gasteiger partial charge in [-0.05, 0) is 48.9 Å². The average Bonchev–Trinajstić information content (AvgIpc) is 3.05. The molecule has 0 N–H and O–H groups in total. The van der Waals surface area contributed by atoms with Crippen LogP contribution in [0.4, 0.5) is 13.2 Å². The molecule has 3 rings (SSSR count). The smallest absolute Gasteiger partial charge is 0.324 e. The molecule has 0 saturated carbocycles. The van der Waals surface area contributed by atoms with Crippen LogP contribution >= 0.6 is 11.6 Å². The first-order chi connectivity index (χ1) is 13.9. The van der Waals surface area contributed by atoms with Crippen molar-refractivity contribution in [3.05, 3.63) is 59.4 Å². The Hall–Kier alpha value is -2.36. The molecule has 0 amide bonds. The Bertz CT molecular complexity index is 1230. The van der Waals surface area contributed by atoms with Crippen molar-refractivity contribution in [2.45, 2.75) is 24.5 Å². The number of nitrogens with zero attached hydrogens (tertiary/aromatic N) is 3. The number of fused-ring (bicyclic) bond motifs is 1. The van der Waals surface area contributed by atoms with Gasteiger partial charge in [0.2, 0.25) is 10.0 Å². The number of aryl methyl sites for hydroxylation is 1. The van der Waals surface area contributed by atoms with Gasteiger partial charge in [-0.15, -0.1) is 0 Å². The zero-order valence-electron chi connectivity index (χ0n) is 16.4. The SMILES string of the molecule is CCn1c(/C(Cl)=C/c2cccc(C(F)(F)F)c2)nc2cc(S(=O)(=O)N(C)C)ccc21. The summed E-state index contributed by atoms with van der Waals surface area (Å²) in [5.41, 5.74) is 0.592. The Labute approximate surface area is 177 Å². The minimum atomic E-state index is -4.46. The summed E-state index contributed by atoms with van der Waals surface area (Å²) < 4.78 is 66.5. The first-order valence-corrected chi connectivity index (χ1v) is 10.7. The molecule has 0 aliphatic carbocycles. The van der Waals surface area contributed by atoms with Crippen LogP contribution < -0.4 is 0 Å². The molecule has 3 aromatic rings. The van der Waals surface area contributed by atoms with E-state index in [0.717, 1.165) is 16.4 Å². The van der Waals surface area contributed by atoms with Gasteiger partial charge in [0.05, 0.1) is 26.5 Å². The van der Waals surface area contributed by atoms with Gasteiger partial charge in [-0.2, -0.15) is 13.2 Å². The molecular weight excluding hydrogens is 439 g/mol. The Morgan fingerprint density at radius 3 is 2.50 bits per heavy atom. The normalized spacial score (nSPS) is 13.4. The molecular formula is C20H19ClF3N3O2S. The summed E-state index contributed by atoms with van der Waals surface area (Å²) in [7, 11) is -0.767. The van der Waals surface area contributed by atoms with Crippen LogP contribution in [0.25, 0.3) is 22.1 Å². The molecule has 10 heteroatoms. The second kappa shape index (κ2) is 8.05. The minimum Gasteiger partial charge on any atom is -0.324 e. The molecule has 0 bridgehead atoms. The number of benzene rings is 2. The van der Waals surface area contributed by atoms with Crippen molar-refractivity contribution >= 4 is 43.8 Å². The number of sulfonamides is 1. The average molecular weight is 458 g/mol. The number of halogens is 4. The molecule has 0 fully saturated rings. The molecule has 0 spiro atoms. The Morgan fingerprint density at radius 1 is 1.20 bits per heavy atom. The van der Waals surface area contributed by atoms with E-state index in [1.54, 1.807) is 10.6 Å². The molecule has 0 atom stereocenters. The zero-order valence-corrected chi connectivity index (χ0v) is 18.0. The van der Waals surface area contributed by atoms with E-state index in [9.17, 15) is 21.6 Å². The van der Waals surface area contributed by atoms with Crippen molar-refractivity contribution in [1.29, 1.82) is 0 Å². The maximum absolute atomic E-state index is 13.0. The number of hydrogen-bond donors (Lipinski definition) is 0. The van der Waals surface area contributed by atoms with Crippen LogP contribution in [-0.4, -0.2) is 36.4 Å². The van der Waals surface area contributed by atoms with Gasteiger partial charge in [0, 0.05) is 20.6 Å². The lowest BCUT2D eigenvalue weighted by atomic mass is 10.1. The topological polar surface area (TPSA) is 55.2 Å². The maximum Gasteiger partial charge on any atom is 0.416 e. The lowest BCUT2D eigenvalue weighted by Gasteiger charge is -2.11. The standard InChI is InChI=1S/C20H19ClF3N3O2S/c1-4-27-18-9-8-15(30(28,29)26(2)3)12-17(18)25-19(27)16(21)11-13-6-5-7-14(10-13)20(22,23)24/h5-12H,4H2,1-3H3/b16-11-. The molecule has 0 saturated heterocycles. The fourth-order valence-electron chi connectivity index (χ4n) is 3.00. The highest BCUT2D eigenvalue weighted by Gasteiger charge is 2.30. The highest BCUT2D eigenvalue weighted by Crippen LogP contribution is 2.32. The summed E-state index contributed by atoms with van der Waals surface area (Å²) in [5, 5.41) is 0.143. The molecule has 1 heterocycles. The third-order valence-electron chi connectivity index (χ3n) is 4.54. The van der Waals surface area contributed by atoms with Crippen molar-refractivity contribution in [3.8, 4) is 0 Å². The van der Waals surface area contributed by atoms with Crippen LogP contribution in [0, 0.1) is 0 Å². The highest BCUT2D eigenvalue weighted by molar-refractivity contribution is 7.89.